The fourth-order valence-corrected chi connectivity index (χ4v) is 2.93. The van der Waals surface area contributed by atoms with Crippen molar-refractivity contribution in [1.29, 1.82) is 0 Å². The lowest BCUT2D eigenvalue weighted by Gasteiger charge is -2.23. The van der Waals surface area contributed by atoms with Gasteiger partial charge in [-0.25, -0.2) is 0 Å². The molecular formula is C11H14O2S. The molecule has 1 heterocycles. The average Bonchev–Trinajstić information content (AvgIpc) is 2.45. The molecule has 0 aromatic heterocycles. The minimum absolute atomic E-state index is 0.194. The second-order valence-electron chi connectivity index (χ2n) is 4.26. The number of aromatic hydroxyl groups is 1. The Balaban J connectivity index is 2.26. The predicted molar refractivity (Wildman–Crippen MR) is 57.8 cm³/mol. The molecule has 0 spiro atoms. The van der Waals surface area contributed by atoms with Gasteiger partial charge in [-0.3, -0.25) is 0 Å². The van der Waals surface area contributed by atoms with E-state index in [0.29, 0.717) is 5.75 Å². The van der Waals surface area contributed by atoms with Gasteiger partial charge >= 0.3 is 0 Å². The number of thioether (sulfide) groups is 1. The molecular weight excluding hydrogens is 196 g/mol. The summed E-state index contributed by atoms with van der Waals surface area (Å²) in [6, 6.07) is 5.40. The molecule has 0 radical (unpaired) electrons. The Bertz CT molecular complexity index is 355. The van der Waals surface area contributed by atoms with Gasteiger partial charge in [0, 0.05) is 10.1 Å². The van der Waals surface area contributed by atoms with Gasteiger partial charge in [0.05, 0.1) is 5.60 Å². The largest absolute Gasteiger partial charge is 0.508 e. The monoisotopic (exact) mass is 210 g/mol. The van der Waals surface area contributed by atoms with Gasteiger partial charge in [-0.2, -0.15) is 0 Å². The zero-order chi connectivity index (χ0) is 10.3. The van der Waals surface area contributed by atoms with Gasteiger partial charge in [0.2, 0.25) is 0 Å². The van der Waals surface area contributed by atoms with Crippen molar-refractivity contribution in [2.24, 2.45) is 0 Å². The maximum absolute atomic E-state index is 9.88. The van der Waals surface area contributed by atoms with E-state index in [-0.39, 0.29) is 5.25 Å². The van der Waals surface area contributed by atoms with Gasteiger partial charge in [-0.1, -0.05) is 0 Å². The van der Waals surface area contributed by atoms with Gasteiger partial charge in [-0.15, -0.1) is 11.8 Å². The van der Waals surface area contributed by atoms with Gasteiger partial charge in [0.15, 0.2) is 0 Å². The van der Waals surface area contributed by atoms with E-state index < -0.39 is 5.60 Å². The fraction of sp³-hybridized carbons (Fsp3) is 0.455. The van der Waals surface area contributed by atoms with Crippen molar-refractivity contribution in [2.45, 2.75) is 36.0 Å². The molecule has 1 aromatic carbocycles. The molecule has 0 bridgehead atoms. The van der Waals surface area contributed by atoms with Crippen LogP contribution < -0.4 is 0 Å². The highest BCUT2D eigenvalue weighted by molar-refractivity contribution is 8.00. The number of phenolic OH excluding ortho intramolecular Hbond substituents is 1. The summed E-state index contributed by atoms with van der Waals surface area (Å²) in [5.74, 6) is 0.306. The molecule has 0 aliphatic carbocycles. The number of rotatable bonds is 1. The highest BCUT2D eigenvalue weighted by atomic mass is 32.2. The molecule has 3 heteroatoms. The van der Waals surface area contributed by atoms with Crippen LogP contribution in [0.1, 0.15) is 19.4 Å². The van der Waals surface area contributed by atoms with E-state index in [4.69, 9.17) is 0 Å². The zero-order valence-electron chi connectivity index (χ0n) is 8.32. The third-order valence-electron chi connectivity index (χ3n) is 2.51. The van der Waals surface area contributed by atoms with E-state index in [1.54, 1.807) is 23.9 Å². The molecule has 2 rings (SSSR count). The average molecular weight is 210 g/mol. The van der Waals surface area contributed by atoms with Crippen molar-refractivity contribution in [3.8, 4) is 5.75 Å². The molecule has 0 fully saturated rings. The Labute approximate surface area is 88.0 Å². The van der Waals surface area contributed by atoms with E-state index in [2.05, 4.69) is 0 Å². The van der Waals surface area contributed by atoms with Gasteiger partial charge < -0.3 is 10.2 Å². The molecule has 0 saturated heterocycles. The summed E-state index contributed by atoms with van der Waals surface area (Å²) in [6.07, 6.45) is 0.831. The van der Waals surface area contributed by atoms with Crippen LogP contribution in [0.4, 0.5) is 0 Å². The molecule has 0 amide bonds. The summed E-state index contributed by atoms with van der Waals surface area (Å²) < 4.78 is 0. The highest BCUT2D eigenvalue weighted by Crippen LogP contribution is 2.42. The predicted octanol–water partition coefficient (Wildman–Crippen LogP) is 2.18. The lowest BCUT2D eigenvalue weighted by Crippen LogP contribution is -2.32. The van der Waals surface area contributed by atoms with Crippen molar-refractivity contribution in [2.75, 3.05) is 0 Å². The minimum atomic E-state index is -0.667. The van der Waals surface area contributed by atoms with Crippen LogP contribution in [0.3, 0.4) is 0 Å². The van der Waals surface area contributed by atoms with Crippen LogP contribution >= 0.6 is 11.8 Å². The van der Waals surface area contributed by atoms with Gasteiger partial charge in [0.1, 0.15) is 5.75 Å². The number of hydrogen-bond acceptors (Lipinski definition) is 3. The van der Waals surface area contributed by atoms with E-state index in [1.807, 2.05) is 19.9 Å². The van der Waals surface area contributed by atoms with E-state index >= 15 is 0 Å². The Kier molecular flexibility index (Phi) is 2.24. The van der Waals surface area contributed by atoms with Crippen molar-refractivity contribution in [3.05, 3.63) is 23.8 Å². The summed E-state index contributed by atoms with van der Waals surface area (Å²) in [5, 5.41) is 19.4. The first-order chi connectivity index (χ1) is 6.47. The van der Waals surface area contributed by atoms with Crippen molar-refractivity contribution in [3.63, 3.8) is 0 Å². The fourth-order valence-electron chi connectivity index (χ4n) is 1.63. The molecule has 1 atom stereocenters. The first kappa shape index (κ1) is 9.87. The molecule has 1 aliphatic heterocycles. The van der Waals surface area contributed by atoms with E-state index in [9.17, 15) is 10.2 Å². The molecule has 1 aliphatic rings. The lowest BCUT2D eigenvalue weighted by molar-refractivity contribution is 0.0786. The van der Waals surface area contributed by atoms with Crippen LogP contribution in [-0.2, 0) is 6.42 Å². The van der Waals surface area contributed by atoms with Crippen molar-refractivity contribution >= 4 is 11.8 Å². The molecule has 1 aromatic rings. The standard InChI is InChI=1S/C11H14O2S/c1-11(2,13)10-6-7-5-8(12)3-4-9(7)14-10/h3-5,10,12-13H,6H2,1-2H3. The summed E-state index contributed by atoms with van der Waals surface area (Å²) >= 11 is 1.69. The smallest absolute Gasteiger partial charge is 0.115 e. The Hall–Kier alpha value is -0.670. The molecule has 0 saturated carbocycles. The maximum Gasteiger partial charge on any atom is 0.115 e. The number of hydrogen-bond donors (Lipinski definition) is 2. The summed E-state index contributed by atoms with van der Waals surface area (Å²) in [5.41, 5.74) is 0.474. The van der Waals surface area contributed by atoms with Crippen LogP contribution in [0.25, 0.3) is 0 Å². The van der Waals surface area contributed by atoms with Crippen LogP contribution in [0, 0.1) is 0 Å². The van der Waals surface area contributed by atoms with E-state index in [1.165, 1.54) is 4.90 Å². The summed E-state index contributed by atoms with van der Waals surface area (Å²) in [4.78, 5) is 1.18. The normalized spacial score (nSPS) is 20.9. The quantitative estimate of drug-likeness (QED) is 0.746. The second-order valence-corrected chi connectivity index (χ2v) is 5.50. The minimum Gasteiger partial charge on any atom is -0.508 e. The summed E-state index contributed by atoms with van der Waals surface area (Å²) in [6.45, 7) is 3.66. The van der Waals surface area contributed by atoms with Crippen molar-refractivity contribution in [1.82, 2.24) is 0 Å². The number of benzene rings is 1. The third-order valence-corrected chi connectivity index (χ3v) is 4.19. The van der Waals surface area contributed by atoms with E-state index in [0.717, 1.165) is 12.0 Å². The van der Waals surface area contributed by atoms with Crippen LogP contribution in [0.2, 0.25) is 0 Å². The Morgan fingerprint density at radius 3 is 2.79 bits per heavy atom. The first-order valence-electron chi connectivity index (χ1n) is 4.68. The second kappa shape index (κ2) is 3.17. The number of aliphatic hydroxyl groups is 1. The zero-order valence-corrected chi connectivity index (χ0v) is 9.14. The third kappa shape index (κ3) is 1.74. The Morgan fingerprint density at radius 1 is 1.43 bits per heavy atom. The summed E-state index contributed by atoms with van der Waals surface area (Å²) in [7, 11) is 0. The lowest BCUT2D eigenvalue weighted by atomic mass is 9.98. The Morgan fingerprint density at radius 2 is 2.14 bits per heavy atom. The molecule has 2 N–H and O–H groups in total. The molecule has 1 unspecified atom stereocenters. The van der Waals surface area contributed by atoms with Crippen molar-refractivity contribution < 1.29 is 10.2 Å². The number of phenols is 1. The van der Waals surface area contributed by atoms with Gasteiger partial charge in [-0.05, 0) is 44.0 Å². The first-order valence-corrected chi connectivity index (χ1v) is 5.56. The SMILES string of the molecule is CC(C)(O)C1Cc2cc(O)ccc2S1. The molecule has 2 nitrogen and oxygen atoms in total. The topological polar surface area (TPSA) is 40.5 Å². The molecule has 14 heavy (non-hydrogen) atoms. The van der Waals surface area contributed by atoms with Crippen LogP contribution in [0.5, 0.6) is 5.75 Å². The molecule has 76 valence electrons. The highest BCUT2D eigenvalue weighted by Gasteiger charge is 2.33. The van der Waals surface area contributed by atoms with Crippen LogP contribution in [0.15, 0.2) is 23.1 Å². The van der Waals surface area contributed by atoms with Gasteiger partial charge in [0.25, 0.3) is 0 Å². The van der Waals surface area contributed by atoms with Crippen LogP contribution in [-0.4, -0.2) is 21.1 Å². The number of fused-ring (bicyclic) bond motifs is 1. The maximum atomic E-state index is 9.88.